The molecular weight excluding hydrogens is 354 g/mol. The SMILES string of the molecule is Cn1nc(-c2ccc(Nc3ccc(N)cc3)cc2)sc1=NC1CCCCC1. The minimum Gasteiger partial charge on any atom is -0.399 e. The Hall–Kier alpha value is -2.60. The molecule has 4 rings (SSSR count). The van der Waals surface area contributed by atoms with E-state index in [0.29, 0.717) is 6.04 Å². The van der Waals surface area contributed by atoms with Gasteiger partial charge in [0.25, 0.3) is 0 Å². The summed E-state index contributed by atoms with van der Waals surface area (Å²) in [5, 5.41) is 9.07. The van der Waals surface area contributed by atoms with Gasteiger partial charge >= 0.3 is 0 Å². The minimum absolute atomic E-state index is 0.463. The summed E-state index contributed by atoms with van der Waals surface area (Å²) in [5.41, 5.74) is 9.67. The maximum atomic E-state index is 5.73. The Bertz CT molecular complexity index is 947. The summed E-state index contributed by atoms with van der Waals surface area (Å²) < 4.78 is 1.91. The Labute approximate surface area is 163 Å². The van der Waals surface area contributed by atoms with E-state index in [1.54, 1.807) is 11.3 Å². The quantitative estimate of drug-likeness (QED) is 0.645. The summed E-state index contributed by atoms with van der Waals surface area (Å²) in [6.07, 6.45) is 6.36. The van der Waals surface area contributed by atoms with Gasteiger partial charge in [-0.1, -0.05) is 30.6 Å². The lowest BCUT2D eigenvalue weighted by molar-refractivity contribution is 0.434. The molecule has 3 N–H and O–H groups in total. The lowest BCUT2D eigenvalue weighted by atomic mass is 9.96. The van der Waals surface area contributed by atoms with Crippen LogP contribution in [0.5, 0.6) is 0 Å². The summed E-state index contributed by atoms with van der Waals surface area (Å²) in [7, 11) is 1.98. The second kappa shape index (κ2) is 7.96. The highest BCUT2D eigenvalue weighted by molar-refractivity contribution is 7.12. The lowest BCUT2D eigenvalue weighted by Gasteiger charge is -2.16. The number of nitrogens with two attached hydrogens (primary N) is 1. The third-order valence-electron chi connectivity index (χ3n) is 4.90. The molecule has 6 heteroatoms. The highest BCUT2D eigenvalue weighted by atomic mass is 32.1. The fraction of sp³-hybridized carbons (Fsp3) is 0.333. The van der Waals surface area contributed by atoms with Crippen LogP contribution in [0, 0.1) is 0 Å². The molecule has 1 aromatic heterocycles. The Morgan fingerprint density at radius 1 is 1.00 bits per heavy atom. The Morgan fingerprint density at radius 2 is 1.63 bits per heavy atom. The maximum Gasteiger partial charge on any atom is 0.203 e. The van der Waals surface area contributed by atoms with E-state index in [1.165, 1.54) is 32.1 Å². The first-order chi connectivity index (χ1) is 13.2. The Morgan fingerprint density at radius 3 is 2.30 bits per heavy atom. The van der Waals surface area contributed by atoms with Crippen molar-refractivity contribution in [1.82, 2.24) is 9.78 Å². The molecule has 0 unspecified atom stereocenters. The second-order valence-electron chi connectivity index (χ2n) is 7.06. The smallest absolute Gasteiger partial charge is 0.203 e. The topological polar surface area (TPSA) is 68.2 Å². The Balaban J connectivity index is 1.51. The van der Waals surface area contributed by atoms with Crippen molar-refractivity contribution in [1.29, 1.82) is 0 Å². The highest BCUT2D eigenvalue weighted by Crippen LogP contribution is 2.24. The van der Waals surface area contributed by atoms with Crippen LogP contribution in [0.2, 0.25) is 0 Å². The summed E-state index contributed by atoms with van der Waals surface area (Å²) in [4.78, 5) is 5.96. The summed E-state index contributed by atoms with van der Waals surface area (Å²) in [6, 6.07) is 16.5. The normalized spacial score (nSPS) is 15.8. The van der Waals surface area contributed by atoms with Gasteiger partial charge in [0.15, 0.2) is 0 Å². The zero-order valence-electron chi connectivity index (χ0n) is 15.6. The van der Waals surface area contributed by atoms with Crippen LogP contribution in [0.1, 0.15) is 32.1 Å². The molecule has 0 bridgehead atoms. The molecule has 0 amide bonds. The molecule has 0 radical (unpaired) electrons. The zero-order valence-corrected chi connectivity index (χ0v) is 16.4. The van der Waals surface area contributed by atoms with Crippen LogP contribution < -0.4 is 15.9 Å². The number of nitrogen functional groups attached to an aromatic ring is 1. The average Bonchev–Trinajstić information content (AvgIpc) is 3.05. The number of aromatic nitrogens is 2. The van der Waals surface area contributed by atoms with E-state index < -0.39 is 0 Å². The van der Waals surface area contributed by atoms with Crippen molar-refractivity contribution in [3.8, 4) is 10.6 Å². The Kier molecular flexibility index (Phi) is 5.25. The number of rotatable bonds is 4. The summed E-state index contributed by atoms with van der Waals surface area (Å²) >= 11 is 1.67. The van der Waals surface area contributed by atoms with E-state index in [9.17, 15) is 0 Å². The summed E-state index contributed by atoms with van der Waals surface area (Å²) in [6.45, 7) is 0. The largest absolute Gasteiger partial charge is 0.399 e. The molecule has 1 aliphatic rings. The van der Waals surface area contributed by atoms with E-state index >= 15 is 0 Å². The maximum absolute atomic E-state index is 5.73. The fourth-order valence-electron chi connectivity index (χ4n) is 3.37. The lowest BCUT2D eigenvalue weighted by Crippen LogP contribution is -2.18. The molecule has 1 fully saturated rings. The molecule has 0 saturated heterocycles. The van der Waals surface area contributed by atoms with Crippen molar-refractivity contribution in [3.63, 3.8) is 0 Å². The number of nitrogens with zero attached hydrogens (tertiary/aromatic N) is 3. The van der Waals surface area contributed by atoms with Gasteiger partial charge in [-0.3, -0.25) is 4.99 Å². The summed E-state index contributed by atoms with van der Waals surface area (Å²) in [5.74, 6) is 0. The van der Waals surface area contributed by atoms with Gasteiger partial charge in [-0.15, -0.1) is 0 Å². The van der Waals surface area contributed by atoms with E-state index in [0.717, 1.165) is 32.4 Å². The van der Waals surface area contributed by atoms with Crippen LogP contribution in [-0.2, 0) is 7.05 Å². The zero-order chi connectivity index (χ0) is 18.6. The number of hydrogen-bond donors (Lipinski definition) is 2. The first-order valence-corrected chi connectivity index (χ1v) is 10.3. The first-order valence-electron chi connectivity index (χ1n) is 9.48. The van der Waals surface area contributed by atoms with Gasteiger partial charge < -0.3 is 11.1 Å². The predicted octanol–water partition coefficient (Wildman–Crippen LogP) is 4.71. The van der Waals surface area contributed by atoms with E-state index in [1.807, 2.05) is 36.0 Å². The van der Waals surface area contributed by atoms with Crippen molar-refractivity contribution in [2.24, 2.45) is 12.0 Å². The van der Waals surface area contributed by atoms with Crippen LogP contribution >= 0.6 is 11.3 Å². The molecule has 1 aliphatic carbocycles. The van der Waals surface area contributed by atoms with Crippen LogP contribution in [0.15, 0.2) is 53.5 Å². The van der Waals surface area contributed by atoms with Gasteiger partial charge in [0.2, 0.25) is 4.80 Å². The second-order valence-corrected chi connectivity index (χ2v) is 8.01. The van der Waals surface area contributed by atoms with Gasteiger partial charge in [0, 0.05) is 29.7 Å². The van der Waals surface area contributed by atoms with E-state index in [-0.39, 0.29) is 0 Å². The van der Waals surface area contributed by atoms with E-state index in [2.05, 4.69) is 34.7 Å². The van der Waals surface area contributed by atoms with Crippen molar-refractivity contribution in [3.05, 3.63) is 53.3 Å². The van der Waals surface area contributed by atoms with Gasteiger partial charge in [-0.25, -0.2) is 4.68 Å². The molecule has 2 aromatic carbocycles. The minimum atomic E-state index is 0.463. The number of nitrogens with one attached hydrogen (secondary N) is 1. The number of benzene rings is 2. The molecule has 27 heavy (non-hydrogen) atoms. The van der Waals surface area contributed by atoms with Crippen molar-refractivity contribution in [2.45, 2.75) is 38.1 Å². The van der Waals surface area contributed by atoms with E-state index in [4.69, 9.17) is 10.7 Å². The van der Waals surface area contributed by atoms with Crippen LogP contribution in [0.3, 0.4) is 0 Å². The van der Waals surface area contributed by atoms with Crippen molar-refractivity contribution >= 4 is 28.4 Å². The molecule has 5 nitrogen and oxygen atoms in total. The van der Waals surface area contributed by atoms with Crippen LogP contribution in [0.4, 0.5) is 17.1 Å². The van der Waals surface area contributed by atoms with Gasteiger partial charge in [-0.05, 0) is 61.4 Å². The third-order valence-corrected chi connectivity index (χ3v) is 5.97. The molecule has 0 spiro atoms. The molecule has 1 heterocycles. The number of anilines is 3. The predicted molar refractivity (Wildman–Crippen MR) is 113 cm³/mol. The molecular formula is C21H25N5S. The third kappa shape index (κ3) is 4.39. The van der Waals surface area contributed by atoms with Crippen molar-refractivity contribution < 1.29 is 0 Å². The molecule has 0 atom stereocenters. The van der Waals surface area contributed by atoms with Crippen molar-refractivity contribution in [2.75, 3.05) is 11.1 Å². The number of hydrogen-bond acceptors (Lipinski definition) is 5. The van der Waals surface area contributed by atoms with Gasteiger partial charge in [-0.2, -0.15) is 5.10 Å². The monoisotopic (exact) mass is 379 g/mol. The number of aryl methyl sites for hydroxylation is 1. The standard InChI is InChI=1S/C21H25N5S/c1-26-21(24-17-5-3-2-4-6-17)27-20(25-26)15-7-11-18(12-8-15)23-19-13-9-16(22)10-14-19/h7-14,17,23H,2-6,22H2,1H3. The van der Waals surface area contributed by atoms with Crippen LogP contribution in [-0.4, -0.2) is 15.8 Å². The molecule has 3 aromatic rings. The fourth-order valence-corrected chi connectivity index (χ4v) is 4.34. The van der Waals surface area contributed by atoms with Gasteiger partial charge in [0.1, 0.15) is 5.01 Å². The molecule has 1 saturated carbocycles. The average molecular weight is 380 g/mol. The first kappa shape index (κ1) is 17.8. The van der Waals surface area contributed by atoms with Gasteiger partial charge in [0.05, 0.1) is 6.04 Å². The highest BCUT2D eigenvalue weighted by Gasteiger charge is 2.13. The molecule has 0 aliphatic heterocycles. The van der Waals surface area contributed by atoms with Crippen LogP contribution in [0.25, 0.3) is 10.6 Å². The molecule has 140 valence electrons.